The topological polar surface area (TPSA) is 73.2 Å². The average Bonchev–Trinajstić information content (AvgIpc) is 3.36. The summed E-state index contributed by atoms with van der Waals surface area (Å²) in [6, 6.07) is 8.30. The molecule has 182 valence electrons. The Bertz CT molecular complexity index is 1110. The second-order valence-electron chi connectivity index (χ2n) is 12.5. The van der Waals surface area contributed by atoms with E-state index in [9.17, 15) is 15.3 Å². The molecule has 9 atom stereocenters. The van der Waals surface area contributed by atoms with E-state index in [1.54, 1.807) is 0 Å². The number of likely N-dealkylation sites (N-methyl/N-ethyl adjacent to an activating group) is 1. The summed E-state index contributed by atoms with van der Waals surface area (Å²) in [5.41, 5.74) is 4.15. The molecule has 5 heteroatoms. The highest BCUT2D eigenvalue weighted by Gasteiger charge is 2.84. The van der Waals surface area contributed by atoms with Crippen molar-refractivity contribution >= 4 is 5.57 Å². The van der Waals surface area contributed by atoms with Crippen LogP contribution in [0, 0.1) is 22.7 Å². The van der Waals surface area contributed by atoms with Crippen molar-refractivity contribution in [3.63, 3.8) is 0 Å². The Morgan fingerprint density at radius 1 is 1.06 bits per heavy atom. The van der Waals surface area contributed by atoms with Gasteiger partial charge >= 0.3 is 0 Å². The maximum absolute atomic E-state index is 11.5. The molecule has 2 aliphatic heterocycles. The molecule has 3 unspecified atom stereocenters. The quantitative estimate of drug-likeness (QED) is 0.600. The third-order valence-corrected chi connectivity index (χ3v) is 11.1. The van der Waals surface area contributed by atoms with Gasteiger partial charge in [-0.05, 0) is 80.8 Å². The van der Waals surface area contributed by atoms with Crippen molar-refractivity contribution in [2.45, 2.75) is 81.5 Å². The molecule has 3 spiro atoms. The first-order valence-electron chi connectivity index (χ1n) is 13.1. The van der Waals surface area contributed by atoms with Crippen molar-refractivity contribution in [3.05, 3.63) is 53.1 Å². The van der Waals surface area contributed by atoms with E-state index in [-0.39, 0.29) is 34.7 Å². The van der Waals surface area contributed by atoms with Crippen LogP contribution in [0.3, 0.4) is 0 Å². The number of hydrogen-bond donors (Lipinski definition) is 3. The van der Waals surface area contributed by atoms with Crippen molar-refractivity contribution in [3.8, 4) is 0 Å². The predicted octanol–water partition coefficient (Wildman–Crippen LogP) is 3.28. The molecular weight excluding hydrogens is 426 g/mol. The molecule has 5 nitrogen and oxygen atoms in total. The molecule has 6 aliphatic rings. The van der Waals surface area contributed by atoms with Gasteiger partial charge in [-0.1, -0.05) is 43.3 Å². The molecular formula is C29H37NO4. The van der Waals surface area contributed by atoms with Gasteiger partial charge in [0.05, 0.1) is 30.0 Å². The first kappa shape index (κ1) is 21.8. The van der Waals surface area contributed by atoms with Gasteiger partial charge in [0.1, 0.15) is 0 Å². The number of fused-ring (bicyclic) bond motifs is 2. The summed E-state index contributed by atoms with van der Waals surface area (Å²) in [4.78, 5) is 2.07. The fraction of sp³-hybridized carbons (Fsp3) is 0.655. The minimum atomic E-state index is -0.730. The van der Waals surface area contributed by atoms with Gasteiger partial charge in [-0.15, -0.1) is 0 Å². The van der Waals surface area contributed by atoms with Crippen LogP contribution in [-0.2, 0) is 11.3 Å². The van der Waals surface area contributed by atoms with E-state index in [2.05, 4.69) is 36.1 Å². The Hall–Kier alpha value is -1.50. The molecule has 1 aromatic carbocycles. The molecule has 1 aromatic rings. The lowest BCUT2D eigenvalue weighted by atomic mass is 9.57. The number of benzene rings is 1. The molecule has 2 bridgehead atoms. The molecule has 0 radical (unpaired) electrons. The van der Waals surface area contributed by atoms with Crippen LogP contribution in [0.4, 0.5) is 0 Å². The predicted molar refractivity (Wildman–Crippen MR) is 130 cm³/mol. The van der Waals surface area contributed by atoms with Gasteiger partial charge in [0.25, 0.3) is 0 Å². The van der Waals surface area contributed by atoms with Crippen LogP contribution in [0.25, 0.3) is 5.57 Å². The number of aliphatic hydroxyl groups excluding tert-OH is 3. The maximum Gasteiger partial charge on any atom is 0.0961 e. The van der Waals surface area contributed by atoms with Crippen LogP contribution in [0.5, 0.6) is 0 Å². The smallest absolute Gasteiger partial charge is 0.0961 e. The second-order valence-corrected chi connectivity index (χ2v) is 12.5. The molecule has 0 amide bonds. The third kappa shape index (κ3) is 2.30. The number of ether oxygens (including phenoxy) is 1. The standard InChI is InChI=1S/C29H37NO4/c1-26-11-10-20-21-14-28(21)25(33)24(32)22(30(2)3)15-27(28)12-13-29(20,34-27)23(26)9-8-19(26)18-6-4-17(16-31)5-7-18/h4-8,10,21-25,31-33H,9,11-16H2,1-3H3/t21?,22-,23?,24+,25-,26+,27+,28?,29+/m0/s1. The molecule has 0 aromatic heterocycles. The highest BCUT2D eigenvalue weighted by molar-refractivity contribution is 5.74. The maximum atomic E-state index is 11.5. The number of nitrogens with zero attached hydrogens (tertiary/aromatic N) is 1. The number of allylic oxidation sites excluding steroid dienone is 3. The average molecular weight is 464 g/mol. The lowest BCUT2D eigenvalue weighted by Crippen LogP contribution is -2.67. The molecule has 3 N–H and O–H groups in total. The van der Waals surface area contributed by atoms with E-state index >= 15 is 0 Å². The minimum absolute atomic E-state index is 0.0123. The van der Waals surface area contributed by atoms with Crippen LogP contribution in [0.2, 0.25) is 0 Å². The zero-order valence-corrected chi connectivity index (χ0v) is 20.5. The summed E-state index contributed by atoms with van der Waals surface area (Å²) < 4.78 is 7.39. The summed E-state index contributed by atoms with van der Waals surface area (Å²) in [6.45, 7) is 2.49. The zero-order valence-electron chi connectivity index (χ0n) is 20.5. The lowest BCUT2D eigenvalue weighted by molar-refractivity contribution is -0.248. The minimum Gasteiger partial charge on any atom is -0.392 e. The van der Waals surface area contributed by atoms with E-state index in [0.29, 0.717) is 11.8 Å². The molecule has 4 aliphatic carbocycles. The van der Waals surface area contributed by atoms with Gasteiger partial charge in [0.15, 0.2) is 0 Å². The zero-order chi connectivity index (χ0) is 23.7. The first-order valence-corrected chi connectivity index (χ1v) is 13.1. The largest absolute Gasteiger partial charge is 0.392 e. The Kier molecular flexibility index (Phi) is 4.24. The monoisotopic (exact) mass is 463 g/mol. The number of rotatable bonds is 3. The summed E-state index contributed by atoms with van der Waals surface area (Å²) in [5.74, 6) is 0.737. The Balaban J connectivity index is 1.29. The van der Waals surface area contributed by atoms with E-state index in [1.165, 1.54) is 16.7 Å². The Labute approximate surface area is 202 Å². The third-order valence-electron chi connectivity index (χ3n) is 11.1. The van der Waals surface area contributed by atoms with E-state index in [4.69, 9.17) is 4.74 Å². The molecule has 4 fully saturated rings. The van der Waals surface area contributed by atoms with Gasteiger partial charge in [0, 0.05) is 22.8 Å². The highest BCUT2D eigenvalue weighted by atomic mass is 16.5. The fourth-order valence-electron chi connectivity index (χ4n) is 9.42. The molecule has 2 saturated heterocycles. The summed E-state index contributed by atoms with van der Waals surface area (Å²) in [5, 5.41) is 32.0. The molecule has 34 heavy (non-hydrogen) atoms. The molecule has 7 rings (SSSR count). The Morgan fingerprint density at radius 2 is 1.82 bits per heavy atom. The summed E-state index contributed by atoms with van der Waals surface area (Å²) in [7, 11) is 4.01. The number of aliphatic hydroxyl groups is 3. The van der Waals surface area contributed by atoms with E-state index in [0.717, 1.165) is 44.1 Å². The fourth-order valence-corrected chi connectivity index (χ4v) is 9.42. The van der Waals surface area contributed by atoms with Gasteiger partial charge in [-0.2, -0.15) is 0 Å². The van der Waals surface area contributed by atoms with Crippen LogP contribution in [0.15, 0.2) is 42.0 Å². The van der Waals surface area contributed by atoms with Crippen molar-refractivity contribution in [2.75, 3.05) is 14.1 Å². The lowest BCUT2D eigenvalue weighted by Gasteiger charge is -2.59. The van der Waals surface area contributed by atoms with Gasteiger partial charge in [0.2, 0.25) is 0 Å². The summed E-state index contributed by atoms with van der Waals surface area (Å²) >= 11 is 0. The van der Waals surface area contributed by atoms with Crippen LogP contribution in [0.1, 0.15) is 56.6 Å². The normalized spacial score (nSPS) is 50.1. The molecule has 2 saturated carbocycles. The molecule has 2 heterocycles. The van der Waals surface area contributed by atoms with Gasteiger partial charge in [-0.25, -0.2) is 0 Å². The van der Waals surface area contributed by atoms with E-state index < -0.39 is 12.2 Å². The summed E-state index contributed by atoms with van der Waals surface area (Å²) in [6.07, 6.45) is 9.20. The van der Waals surface area contributed by atoms with Crippen LogP contribution < -0.4 is 0 Å². The van der Waals surface area contributed by atoms with Crippen molar-refractivity contribution < 1.29 is 20.1 Å². The van der Waals surface area contributed by atoms with Crippen LogP contribution in [-0.4, -0.2) is 63.8 Å². The van der Waals surface area contributed by atoms with Crippen molar-refractivity contribution in [1.82, 2.24) is 4.90 Å². The van der Waals surface area contributed by atoms with Gasteiger partial charge in [-0.3, -0.25) is 0 Å². The second kappa shape index (κ2) is 6.63. The Morgan fingerprint density at radius 3 is 2.53 bits per heavy atom. The van der Waals surface area contributed by atoms with E-state index in [1.807, 2.05) is 26.2 Å². The first-order chi connectivity index (χ1) is 16.2. The van der Waals surface area contributed by atoms with Crippen molar-refractivity contribution in [1.29, 1.82) is 0 Å². The SMILES string of the molecule is CN(C)[C@H]1C[C@@]23CC[C@@]4(O2)C(=CC[C@]2(C)C(c5ccc(CO)cc5)=CCC24)C2CC23[C@@H](O)[C@@H]1O. The van der Waals surface area contributed by atoms with Gasteiger partial charge < -0.3 is 25.0 Å². The van der Waals surface area contributed by atoms with Crippen molar-refractivity contribution in [2.24, 2.45) is 22.7 Å². The van der Waals surface area contributed by atoms with Crippen LogP contribution >= 0.6 is 0 Å². The highest BCUT2D eigenvalue weighted by Crippen LogP contribution is 2.81. The number of hydrogen-bond acceptors (Lipinski definition) is 5.